The van der Waals surface area contributed by atoms with Crippen molar-refractivity contribution in [1.82, 2.24) is 63.5 Å². The number of imidazole rings is 1. The summed E-state index contributed by atoms with van der Waals surface area (Å²) in [5.74, 6) is -0.971. The second-order valence-corrected chi connectivity index (χ2v) is 47.5. The van der Waals surface area contributed by atoms with Crippen molar-refractivity contribution in [3.05, 3.63) is 208 Å². The van der Waals surface area contributed by atoms with Gasteiger partial charge in [-0.2, -0.15) is 0 Å². The number of anilines is 4. The van der Waals surface area contributed by atoms with Gasteiger partial charge in [-0.3, -0.25) is 38.1 Å². The molecule has 26 nitrogen and oxygen atoms in total. The van der Waals surface area contributed by atoms with Gasteiger partial charge in [0.05, 0.1) is 39.2 Å². The molecule has 141 heavy (non-hydrogen) atoms. The zero-order valence-corrected chi connectivity index (χ0v) is 86.8. The Hall–Kier alpha value is -10.3. The van der Waals surface area contributed by atoms with E-state index in [1.165, 1.54) is 53.5 Å². The lowest BCUT2D eigenvalue weighted by atomic mass is 9.92. The lowest BCUT2D eigenvalue weighted by molar-refractivity contribution is -0.137. The van der Waals surface area contributed by atoms with Crippen molar-refractivity contribution >= 4 is 111 Å². The Morgan fingerprint density at radius 3 is 1.28 bits per heavy atom. The van der Waals surface area contributed by atoms with Gasteiger partial charge in [0.25, 0.3) is 0 Å². The molecule has 0 spiro atoms. The summed E-state index contributed by atoms with van der Waals surface area (Å²) in [7, 11) is 6.26. The number of H-pyrrole nitrogens is 1. The molecular weight excluding hydrogens is 1840 g/mol. The van der Waals surface area contributed by atoms with Gasteiger partial charge in [-0.1, -0.05) is 165 Å². The monoisotopic (exact) mass is 1990 g/mol. The number of aromatic amines is 1. The number of urea groups is 1. The van der Waals surface area contributed by atoms with E-state index in [4.69, 9.17) is 0 Å². The third-order valence-corrected chi connectivity index (χ3v) is 34.2. The maximum Gasteiger partial charge on any atom is 0.326 e. The number of hydrogen-bond donors (Lipinski definition) is 2. The highest BCUT2D eigenvalue weighted by molar-refractivity contribution is 8.01. The molecule has 6 aromatic carbocycles. The van der Waals surface area contributed by atoms with Crippen molar-refractivity contribution in [3.8, 4) is 11.3 Å². The van der Waals surface area contributed by atoms with Gasteiger partial charge in [0.2, 0.25) is 41.4 Å². The molecule has 0 saturated carbocycles. The normalized spacial score (nSPS) is 22.6. The summed E-state index contributed by atoms with van der Waals surface area (Å²) in [6.07, 6.45) is 12.0. The van der Waals surface area contributed by atoms with Crippen molar-refractivity contribution < 1.29 is 54.4 Å². The van der Waals surface area contributed by atoms with Crippen LogP contribution in [0.3, 0.4) is 0 Å². The minimum Gasteiger partial charge on any atom is -0.369 e. The van der Waals surface area contributed by atoms with E-state index in [0.717, 1.165) is 160 Å². The first kappa shape index (κ1) is 104. The van der Waals surface area contributed by atoms with E-state index in [-0.39, 0.29) is 143 Å². The first-order valence-electron chi connectivity index (χ1n) is 50.9. The predicted molar refractivity (Wildman–Crippen MR) is 562 cm³/mol. The number of aromatic nitrogens is 2. The highest BCUT2D eigenvalue weighted by Crippen LogP contribution is 2.53. The molecule has 9 fully saturated rings. The van der Waals surface area contributed by atoms with Crippen LogP contribution in [0.15, 0.2) is 157 Å². The minimum atomic E-state index is -0.533. The van der Waals surface area contributed by atoms with E-state index in [9.17, 15) is 47.5 Å². The summed E-state index contributed by atoms with van der Waals surface area (Å²) in [6.45, 7) is 34.8. The van der Waals surface area contributed by atoms with Gasteiger partial charge in [0.15, 0.2) is 0 Å². The van der Waals surface area contributed by atoms with E-state index in [2.05, 4.69) is 129 Å². The number of carbonyl (C=O) groups excluding carboxylic acids is 8. The average Bonchev–Trinajstić information content (AvgIpc) is 1.64. The number of rotatable bonds is 23. The van der Waals surface area contributed by atoms with E-state index in [0.29, 0.717) is 122 Å². The molecule has 0 bridgehead atoms. The van der Waals surface area contributed by atoms with Gasteiger partial charge in [-0.15, -0.1) is 35.3 Å². The fourth-order valence-electron chi connectivity index (χ4n) is 21.1. The molecule has 9 amide bonds. The van der Waals surface area contributed by atoms with E-state index in [1.54, 1.807) is 22.8 Å². The molecule has 0 radical (unpaired) electrons. The molecule has 11 aliphatic heterocycles. The molecule has 2 N–H and O–H groups in total. The van der Waals surface area contributed by atoms with Crippen molar-refractivity contribution in [2.45, 2.75) is 202 Å². The number of piperazine rings is 3. The highest BCUT2D eigenvalue weighted by atomic mass is 32.2. The van der Waals surface area contributed by atoms with Crippen molar-refractivity contribution in [1.29, 1.82) is 0 Å². The molecule has 32 heteroatoms. The number of likely N-dealkylation sites (tertiary alicyclic amines) is 3. The van der Waals surface area contributed by atoms with Crippen LogP contribution < -0.4 is 25.7 Å². The third-order valence-electron chi connectivity index (χ3n) is 29.8. The van der Waals surface area contributed by atoms with Crippen LogP contribution >= 0.6 is 35.3 Å². The highest BCUT2D eigenvalue weighted by Gasteiger charge is 2.50. The van der Waals surface area contributed by atoms with E-state index in [1.807, 2.05) is 149 Å². The van der Waals surface area contributed by atoms with Gasteiger partial charge in [-0.05, 0) is 160 Å². The Morgan fingerprint density at radius 1 is 0.426 bits per heavy atom. The van der Waals surface area contributed by atoms with Crippen LogP contribution in [0.2, 0.25) is 0 Å². The number of halogens is 3. The summed E-state index contributed by atoms with van der Waals surface area (Å²) >= 11 is 4.47. The number of carbonyl (C=O) groups is 8. The molecule has 6 unspecified atom stereocenters. The van der Waals surface area contributed by atoms with Crippen molar-refractivity contribution in [2.24, 2.45) is 16.2 Å². The standard InChI is InChI=1S/C37H48FN5O3S.C36H49FN6O3S.C36H47FN6O3S.2H2/c1-37(2,3)14-17-42-35(46)32(47-36(42)30-23-28(38)10-11-31(30)40-20-18-39(4)19-21-40)24-33(44)41-15-12-29(13-16-41)43-25-27(22-34(43)45)26-8-6-5-7-9-26;1-36(2,3)15-19-43-33(45)30(47-34(43)27-9-7-10-28(37)32(27)41-22-20-39(4)21-23-41)24-31(44)40-16-13-26(14-17-40)42-18-12-25-8-5-6-11-29(25)38-35(42)46;1-36(2,3)15-18-42-33(45)30(47-34(42)27-11-8-12-28(37)32(27)41-21-19-39(4)20-22-41)23-31(44)40-16-13-26(14-17-40)43-24-29(38-35(43)46)25-9-6-5-7-10-25;;/h5-11,23,25,29,32,36H,12-22,24H2,1-4H3;5-11,26,30,34H,12-24H2,1-4H3,(H,38,46);5-12,24,26,30,34H,13-23H2,1-4H3,(H,38,46);2*1H. The number of benzene rings is 6. The average molecular weight is 1990 g/mol. The molecule has 12 heterocycles. The SMILES string of the molecule is CN1CCN(c2c(F)cccc2C2SC(CC(=O)N3CCC(N4CCc5ccccc5NC4=O)CC3)C(=O)N2CCC(C)(C)C)CC1.CN1CCN(c2c(F)cccc2C2SC(CC(=O)N3CCC(n4cc(-c5ccccc5)[nH]c4=O)CC3)C(=O)N2CCC(C)(C)C)CC1.CN1CCN(c2ccc(F)cc2C2SC(CC(=O)N3CCC(N4C=C(c5ccccc5)CC4=O)CC3)C(=O)N2CCC(C)(C)C)CC1.[HH].[HH]. The van der Waals surface area contributed by atoms with Crippen LogP contribution in [-0.4, -0.2) is 304 Å². The first-order chi connectivity index (χ1) is 67.4. The molecule has 18 rings (SSSR count). The Bertz CT molecular complexity index is 5680. The van der Waals surface area contributed by atoms with Gasteiger partial charge >= 0.3 is 11.7 Å². The number of likely N-dealkylation sites (N-methyl/N-ethyl adjacent to an activating group) is 3. The topological polar surface area (TPSA) is 232 Å². The number of hydrogen-bond acceptors (Lipinski definition) is 18. The zero-order chi connectivity index (χ0) is 99.9. The van der Waals surface area contributed by atoms with Crippen LogP contribution in [0.1, 0.15) is 199 Å². The second kappa shape index (κ2) is 45.4. The third kappa shape index (κ3) is 25.4. The maximum absolute atomic E-state index is 15.6. The second-order valence-electron chi connectivity index (χ2n) is 43.6. The molecule has 9 saturated heterocycles. The quantitative estimate of drug-likeness (QED) is 0.0606. The summed E-state index contributed by atoms with van der Waals surface area (Å²) in [5.41, 5.74) is 10.3. The van der Waals surface area contributed by atoms with Crippen LogP contribution in [0.25, 0.3) is 16.8 Å². The lowest BCUT2D eigenvalue weighted by Gasteiger charge is -2.38. The number of nitrogens with one attached hydrogen (secondary N) is 2. The van der Waals surface area contributed by atoms with Gasteiger partial charge < -0.3 is 78.9 Å². The molecule has 7 aromatic rings. The molecule has 762 valence electrons. The molecular formula is C109H148F3N17O9S3. The number of thioether (sulfide) groups is 3. The molecule has 1 aromatic heterocycles. The lowest BCUT2D eigenvalue weighted by Crippen LogP contribution is -2.50. The van der Waals surface area contributed by atoms with E-state index >= 15 is 8.78 Å². The van der Waals surface area contributed by atoms with Gasteiger partial charge in [0.1, 0.15) is 33.6 Å². The largest absolute Gasteiger partial charge is 0.369 e. The number of para-hydroxylation sites is 3. The fourth-order valence-corrected chi connectivity index (χ4v) is 25.6. The Morgan fingerprint density at radius 2 is 0.830 bits per heavy atom. The van der Waals surface area contributed by atoms with Crippen LogP contribution in [0.4, 0.5) is 40.7 Å². The van der Waals surface area contributed by atoms with Crippen LogP contribution in [-0.2, 0) is 40.0 Å². The van der Waals surface area contributed by atoms with Gasteiger partial charge in [0, 0.05) is 225 Å². The predicted octanol–water partition coefficient (Wildman–Crippen LogP) is 16.9. The Labute approximate surface area is 846 Å². The number of amides is 9. The summed E-state index contributed by atoms with van der Waals surface area (Å²) in [6, 6.07) is 43.1. The summed E-state index contributed by atoms with van der Waals surface area (Å²) in [5, 5.41) is 0.405. The Balaban J connectivity index is 0.000000169. The Kier molecular flexibility index (Phi) is 33.3. The number of fused-ring (bicyclic) bond motifs is 1. The summed E-state index contributed by atoms with van der Waals surface area (Å²) < 4.78 is 47.7. The van der Waals surface area contributed by atoms with Crippen LogP contribution in [0.5, 0.6) is 0 Å². The van der Waals surface area contributed by atoms with Crippen LogP contribution in [0, 0.1) is 33.7 Å². The fraction of sp³-hybridized carbons (Fsp3) is 0.550. The molecule has 11 aliphatic rings. The molecule has 6 atom stereocenters. The minimum absolute atomic E-state index is 0. The number of piperidine rings is 3. The van der Waals surface area contributed by atoms with Gasteiger partial charge in [-0.25, -0.2) is 22.8 Å². The smallest absolute Gasteiger partial charge is 0.326 e. The van der Waals surface area contributed by atoms with Crippen molar-refractivity contribution in [2.75, 3.05) is 185 Å². The van der Waals surface area contributed by atoms with Crippen molar-refractivity contribution in [3.63, 3.8) is 0 Å². The number of nitrogens with zero attached hydrogens (tertiary/aromatic N) is 15. The molecule has 0 aliphatic carbocycles. The summed E-state index contributed by atoms with van der Waals surface area (Å²) in [4.78, 5) is 153. The first-order valence-corrected chi connectivity index (χ1v) is 53.7. The zero-order valence-electron chi connectivity index (χ0n) is 84.3. The maximum atomic E-state index is 15.6. The van der Waals surface area contributed by atoms with E-state index < -0.39 is 15.7 Å².